The summed E-state index contributed by atoms with van der Waals surface area (Å²) in [6.45, 7) is 8.08. The van der Waals surface area contributed by atoms with Crippen molar-refractivity contribution >= 4 is 29.3 Å². The number of aryl methyl sites for hydroxylation is 1. The fourth-order valence-corrected chi connectivity index (χ4v) is 3.01. The molecule has 0 aliphatic heterocycles. The highest BCUT2D eigenvalue weighted by atomic mass is 32.2. The van der Waals surface area contributed by atoms with Crippen LogP contribution in [0.3, 0.4) is 0 Å². The molecule has 1 heterocycles. The van der Waals surface area contributed by atoms with Gasteiger partial charge in [-0.25, -0.2) is 4.98 Å². The minimum absolute atomic E-state index is 0.208. The zero-order valence-electron chi connectivity index (χ0n) is 11.1. The number of carbonyl (C=O) groups is 1. The number of ether oxygens (including phenoxy) is 1. The number of nitrogens with one attached hydrogen (secondary N) is 1. The fourth-order valence-electron chi connectivity index (χ4n) is 1.32. The summed E-state index contributed by atoms with van der Waals surface area (Å²) in [5, 5.41) is 3.20. The summed E-state index contributed by atoms with van der Waals surface area (Å²) in [4.78, 5) is 16.0. The molecule has 0 aliphatic carbocycles. The maximum Gasteiger partial charge on any atom is 0.324 e. The molecular formula is C11H19N3O2S2. The zero-order valence-corrected chi connectivity index (χ0v) is 12.7. The van der Waals surface area contributed by atoms with Gasteiger partial charge in [-0.1, -0.05) is 25.6 Å². The van der Waals surface area contributed by atoms with Gasteiger partial charge >= 0.3 is 5.97 Å². The van der Waals surface area contributed by atoms with Gasteiger partial charge in [0.25, 0.3) is 0 Å². The van der Waals surface area contributed by atoms with E-state index in [2.05, 4.69) is 14.7 Å². The first-order chi connectivity index (χ1) is 8.52. The lowest BCUT2D eigenvalue weighted by Gasteiger charge is -2.18. The van der Waals surface area contributed by atoms with E-state index in [9.17, 15) is 4.79 Å². The average molecular weight is 289 g/mol. The molecule has 0 spiro atoms. The number of rotatable bonds is 7. The Labute approximate surface area is 116 Å². The Morgan fingerprint density at radius 3 is 2.78 bits per heavy atom. The van der Waals surface area contributed by atoms with E-state index in [0.29, 0.717) is 12.4 Å². The van der Waals surface area contributed by atoms with E-state index in [1.54, 1.807) is 0 Å². The normalized spacial score (nSPS) is 12.7. The summed E-state index contributed by atoms with van der Waals surface area (Å²) in [7, 11) is 0. The fraction of sp³-hybridized carbons (Fsp3) is 0.727. The topological polar surface area (TPSA) is 64.1 Å². The number of nitrogens with zero attached hydrogens (tertiary/aromatic N) is 2. The lowest BCUT2D eigenvalue weighted by Crippen LogP contribution is -2.43. The molecule has 0 fully saturated rings. The van der Waals surface area contributed by atoms with Crippen LogP contribution in [0.4, 0.5) is 0 Å². The molecule has 1 atom stereocenters. The van der Waals surface area contributed by atoms with Crippen LogP contribution in [0.25, 0.3) is 0 Å². The van der Waals surface area contributed by atoms with Crippen LogP contribution in [0.2, 0.25) is 0 Å². The van der Waals surface area contributed by atoms with Gasteiger partial charge in [-0.05, 0) is 25.4 Å². The second kappa shape index (κ2) is 7.70. The Morgan fingerprint density at radius 2 is 2.28 bits per heavy atom. The molecule has 1 N–H and O–H groups in total. The molecule has 18 heavy (non-hydrogen) atoms. The van der Waals surface area contributed by atoms with Crippen LogP contribution in [-0.4, -0.2) is 39.8 Å². The van der Waals surface area contributed by atoms with E-state index in [-0.39, 0.29) is 18.1 Å². The van der Waals surface area contributed by atoms with Gasteiger partial charge in [0.05, 0.1) is 6.61 Å². The molecule has 7 heteroatoms. The van der Waals surface area contributed by atoms with Crippen LogP contribution in [0.1, 0.15) is 26.6 Å². The maximum absolute atomic E-state index is 11.8. The first-order valence-electron chi connectivity index (χ1n) is 5.88. The number of aromatic nitrogens is 2. The van der Waals surface area contributed by atoms with Gasteiger partial charge in [0.15, 0.2) is 4.34 Å². The quantitative estimate of drug-likeness (QED) is 0.610. The molecule has 1 unspecified atom stereocenters. The highest BCUT2D eigenvalue weighted by molar-refractivity contribution is 8.01. The average Bonchev–Trinajstić information content (AvgIpc) is 2.70. The SMILES string of the molecule is CCOC(=O)C(CSc1nc(C)ns1)NC(C)C. The van der Waals surface area contributed by atoms with Crippen molar-refractivity contribution in [2.45, 2.75) is 44.1 Å². The summed E-state index contributed by atoms with van der Waals surface area (Å²) in [5.74, 6) is 1.16. The van der Waals surface area contributed by atoms with E-state index in [4.69, 9.17) is 4.74 Å². The third kappa shape index (κ3) is 5.32. The molecule has 0 amide bonds. The molecule has 0 radical (unpaired) electrons. The highest BCUT2D eigenvalue weighted by Gasteiger charge is 2.21. The Morgan fingerprint density at radius 1 is 1.56 bits per heavy atom. The molecule has 0 aromatic carbocycles. The van der Waals surface area contributed by atoms with Crippen LogP contribution in [0, 0.1) is 6.92 Å². The van der Waals surface area contributed by atoms with E-state index in [0.717, 1.165) is 10.2 Å². The Balaban J connectivity index is 2.52. The molecule has 1 rings (SSSR count). The van der Waals surface area contributed by atoms with E-state index < -0.39 is 0 Å². The van der Waals surface area contributed by atoms with Crippen molar-refractivity contribution in [3.05, 3.63) is 5.82 Å². The number of thioether (sulfide) groups is 1. The summed E-state index contributed by atoms with van der Waals surface area (Å²) in [6, 6.07) is -0.0738. The smallest absolute Gasteiger partial charge is 0.324 e. The lowest BCUT2D eigenvalue weighted by molar-refractivity contribution is -0.145. The third-order valence-corrected chi connectivity index (χ3v) is 4.01. The predicted octanol–water partition coefficient (Wildman–Crippen LogP) is 1.87. The standard InChI is InChI=1S/C11H19N3O2S2/c1-5-16-10(15)9(12-7(2)3)6-17-11-13-8(4)14-18-11/h7,9,12H,5-6H2,1-4H3. The van der Waals surface area contributed by atoms with Gasteiger partial charge < -0.3 is 10.1 Å². The molecular weight excluding hydrogens is 270 g/mol. The molecule has 0 saturated carbocycles. The predicted molar refractivity (Wildman–Crippen MR) is 74.1 cm³/mol. The minimum Gasteiger partial charge on any atom is -0.465 e. The molecule has 102 valence electrons. The van der Waals surface area contributed by atoms with Crippen LogP contribution < -0.4 is 5.32 Å². The third-order valence-electron chi connectivity index (χ3n) is 1.99. The van der Waals surface area contributed by atoms with E-state index in [1.165, 1.54) is 23.3 Å². The van der Waals surface area contributed by atoms with Crippen molar-refractivity contribution in [1.29, 1.82) is 0 Å². The number of hydrogen-bond acceptors (Lipinski definition) is 7. The summed E-state index contributed by atoms with van der Waals surface area (Å²) in [6.07, 6.45) is 0. The van der Waals surface area contributed by atoms with Crippen LogP contribution in [-0.2, 0) is 9.53 Å². The summed E-state index contributed by atoms with van der Waals surface area (Å²) >= 11 is 2.88. The second-order valence-electron chi connectivity index (χ2n) is 4.04. The van der Waals surface area contributed by atoms with Gasteiger partial charge in [-0.15, -0.1) is 0 Å². The van der Waals surface area contributed by atoms with Gasteiger partial charge in [-0.3, -0.25) is 4.79 Å². The number of carbonyl (C=O) groups excluding carboxylic acids is 1. The molecule has 0 aliphatic rings. The Hall–Kier alpha value is -0.660. The largest absolute Gasteiger partial charge is 0.465 e. The van der Waals surface area contributed by atoms with Crippen LogP contribution >= 0.6 is 23.3 Å². The zero-order chi connectivity index (χ0) is 13.5. The van der Waals surface area contributed by atoms with Gasteiger partial charge in [0, 0.05) is 11.8 Å². The van der Waals surface area contributed by atoms with Crippen molar-refractivity contribution in [3.63, 3.8) is 0 Å². The highest BCUT2D eigenvalue weighted by Crippen LogP contribution is 2.21. The first kappa shape index (κ1) is 15.4. The molecule has 1 aromatic heterocycles. The van der Waals surface area contributed by atoms with Crippen LogP contribution in [0.15, 0.2) is 4.34 Å². The van der Waals surface area contributed by atoms with E-state index in [1.807, 2.05) is 27.7 Å². The van der Waals surface area contributed by atoms with Gasteiger partial charge in [0.1, 0.15) is 11.9 Å². The molecule has 0 saturated heterocycles. The van der Waals surface area contributed by atoms with Crippen molar-refractivity contribution in [2.75, 3.05) is 12.4 Å². The minimum atomic E-state index is -0.306. The van der Waals surface area contributed by atoms with Crippen molar-refractivity contribution in [1.82, 2.24) is 14.7 Å². The molecule has 0 bridgehead atoms. The van der Waals surface area contributed by atoms with Crippen LogP contribution in [0.5, 0.6) is 0 Å². The van der Waals surface area contributed by atoms with Gasteiger partial charge in [-0.2, -0.15) is 4.37 Å². The van der Waals surface area contributed by atoms with Gasteiger partial charge in [0.2, 0.25) is 0 Å². The van der Waals surface area contributed by atoms with Crippen molar-refractivity contribution < 1.29 is 9.53 Å². The summed E-state index contributed by atoms with van der Waals surface area (Å²) in [5.41, 5.74) is 0. The first-order valence-corrected chi connectivity index (χ1v) is 7.64. The molecule has 5 nitrogen and oxygen atoms in total. The van der Waals surface area contributed by atoms with Crippen molar-refractivity contribution in [2.24, 2.45) is 0 Å². The maximum atomic E-state index is 11.8. The number of esters is 1. The Bertz CT molecular complexity index is 382. The Kier molecular flexibility index (Phi) is 6.59. The van der Waals surface area contributed by atoms with E-state index >= 15 is 0 Å². The van der Waals surface area contributed by atoms with Crippen molar-refractivity contribution in [3.8, 4) is 0 Å². The second-order valence-corrected chi connectivity index (χ2v) is 6.06. The lowest BCUT2D eigenvalue weighted by atomic mass is 10.3. The molecule has 1 aromatic rings. The summed E-state index contributed by atoms with van der Waals surface area (Å²) < 4.78 is 10.0. The monoisotopic (exact) mass is 289 g/mol. The number of hydrogen-bond donors (Lipinski definition) is 1.